The Kier molecular flexibility index (Phi) is 3.28. The molecule has 5 unspecified atom stereocenters. The molecule has 4 N–H and O–H groups in total. The lowest BCUT2D eigenvalue weighted by atomic mass is 9.98. The van der Waals surface area contributed by atoms with Crippen molar-refractivity contribution < 1.29 is 25.2 Å². The highest BCUT2D eigenvalue weighted by Gasteiger charge is 2.44. The summed E-state index contributed by atoms with van der Waals surface area (Å²) in [4.78, 5) is 10.1. The van der Waals surface area contributed by atoms with Crippen LogP contribution in [0.4, 0.5) is 0 Å². The van der Waals surface area contributed by atoms with Crippen LogP contribution >= 0.6 is 0 Å². The van der Waals surface area contributed by atoms with E-state index in [4.69, 9.17) is 10.2 Å². The molecular weight excluding hydrogens is 182 g/mol. The molecule has 0 aromatic carbocycles. The van der Waals surface area contributed by atoms with Gasteiger partial charge in [-0.3, -0.25) is 0 Å². The Labute approximate surface area is 73.5 Å². The number of rotatable bonds is 2. The molecule has 0 aromatic heterocycles. The number of hydrogen-bond donors (Lipinski definition) is 4. The topological polar surface area (TPSA) is 120 Å². The van der Waals surface area contributed by atoms with Crippen molar-refractivity contribution in [2.24, 2.45) is 5.18 Å². The van der Waals surface area contributed by atoms with Gasteiger partial charge in [0, 0.05) is 0 Å². The highest BCUT2D eigenvalue weighted by Crippen LogP contribution is 2.21. The van der Waals surface area contributed by atoms with Crippen LogP contribution in [-0.2, 0) is 4.74 Å². The second kappa shape index (κ2) is 4.07. The summed E-state index contributed by atoms with van der Waals surface area (Å²) in [5.74, 6) is 0. The van der Waals surface area contributed by atoms with Crippen LogP contribution in [0.15, 0.2) is 5.18 Å². The molecule has 1 rings (SSSR count). The first-order valence-electron chi connectivity index (χ1n) is 3.74. The van der Waals surface area contributed by atoms with Crippen molar-refractivity contribution in [2.75, 3.05) is 6.61 Å². The van der Waals surface area contributed by atoms with Crippen LogP contribution in [0.3, 0.4) is 0 Å². The third kappa shape index (κ3) is 1.84. The number of aliphatic hydroxyl groups excluding tert-OH is 4. The first-order valence-corrected chi connectivity index (χ1v) is 3.74. The van der Waals surface area contributed by atoms with Crippen molar-refractivity contribution in [2.45, 2.75) is 30.6 Å². The molecule has 0 spiro atoms. The third-order valence-corrected chi connectivity index (χ3v) is 1.99. The molecule has 0 radical (unpaired) electrons. The highest BCUT2D eigenvalue weighted by atomic mass is 16.6. The minimum atomic E-state index is -1.59. The standard InChI is InChI=1S/C6H11NO6/c8-1-2-4(9)5(10)3(7-12)6(11)13-2/h2-6,8-11H,1H2. The molecule has 1 aliphatic rings. The zero-order valence-corrected chi connectivity index (χ0v) is 6.65. The fraction of sp³-hybridized carbons (Fsp3) is 1.00. The summed E-state index contributed by atoms with van der Waals surface area (Å²) in [6.07, 6.45) is -5.62. The van der Waals surface area contributed by atoms with E-state index in [1.165, 1.54) is 0 Å². The summed E-state index contributed by atoms with van der Waals surface area (Å²) in [7, 11) is 0. The Balaban J connectivity index is 2.72. The van der Waals surface area contributed by atoms with E-state index in [1.54, 1.807) is 0 Å². The van der Waals surface area contributed by atoms with E-state index in [0.717, 1.165) is 0 Å². The molecule has 7 heteroatoms. The van der Waals surface area contributed by atoms with Crippen molar-refractivity contribution in [3.05, 3.63) is 4.91 Å². The van der Waals surface area contributed by atoms with Crippen LogP contribution in [0.25, 0.3) is 0 Å². The van der Waals surface area contributed by atoms with Crippen LogP contribution in [-0.4, -0.2) is 57.7 Å². The van der Waals surface area contributed by atoms with Gasteiger partial charge in [-0.1, -0.05) is 5.18 Å². The summed E-state index contributed by atoms with van der Waals surface area (Å²) < 4.78 is 4.62. The minimum absolute atomic E-state index is 0.555. The Morgan fingerprint density at radius 1 is 1.23 bits per heavy atom. The predicted molar refractivity (Wildman–Crippen MR) is 39.6 cm³/mol. The van der Waals surface area contributed by atoms with E-state index >= 15 is 0 Å². The second-order valence-electron chi connectivity index (χ2n) is 2.82. The Hall–Kier alpha value is -0.600. The fourth-order valence-corrected chi connectivity index (χ4v) is 1.20. The molecule has 1 saturated heterocycles. The summed E-state index contributed by atoms with van der Waals surface area (Å²) in [6, 6.07) is -1.42. The van der Waals surface area contributed by atoms with Gasteiger partial charge in [0.15, 0.2) is 12.3 Å². The van der Waals surface area contributed by atoms with E-state index < -0.39 is 37.3 Å². The van der Waals surface area contributed by atoms with Crippen LogP contribution < -0.4 is 0 Å². The Morgan fingerprint density at radius 3 is 2.31 bits per heavy atom. The average Bonchev–Trinajstić information content (AvgIpc) is 2.12. The van der Waals surface area contributed by atoms with Gasteiger partial charge in [-0.05, 0) is 0 Å². The highest BCUT2D eigenvalue weighted by molar-refractivity contribution is 4.92. The number of ether oxygens (including phenoxy) is 1. The molecule has 1 heterocycles. The van der Waals surface area contributed by atoms with Crippen molar-refractivity contribution in [1.82, 2.24) is 0 Å². The molecule has 0 aliphatic carbocycles. The van der Waals surface area contributed by atoms with Gasteiger partial charge in [0.05, 0.1) is 6.61 Å². The molecule has 0 bridgehead atoms. The number of aliphatic hydroxyl groups is 4. The minimum Gasteiger partial charge on any atom is -0.394 e. The monoisotopic (exact) mass is 193 g/mol. The van der Waals surface area contributed by atoms with Crippen LogP contribution in [0.1, 0.15) is 0 Å². The van der Waals surface area contributed by atoms with Gasteiger partial charge in [0.1, 0.15) is 18.3 Å². The van der Waals surface area contributed by atoms with Crippen LogP contribution in [0, 0.1) is 4.91 Å². The van der Waals surface area contributed by atoms with E-state index in [1.807, 2.05) is 0 Å². The maximum atomic E-state index is 10.1. The van der Waals surface area contributed by atoms with Crippen molar-refractivity contribution in [1.29, 1.82) is 0 Å². The summed E-state index contributed by atoms with van der Waals surface area (Å²) in [5.41, 5.74) is 0. The first-order chi connectivity index (χ1) is 6.11. The zero-order chi connectivity index (χ0) is 10.0. The molecule has 1 aliphatic heterocycles. The number of nitroso groups, excluding NO2 is 1. The zero-order valence-electron chi connectivity index (χ0n) is 6.65. The molecular formula is C6H11NO6. The maximum absolute atomic E-state index is 10.1. The molecule has 7 nitrogen and oxygen atoms in total. The van der Waals surface area contributed by atoms with Gasteiger partial charge >= 0.3 is 0 Å². The molecule has 13 heavy (non-hydrogen) atoms. The van der Waals surface area contributed by atoms with Crippen molar-refractivity contribution in [3.8, 4) is 0 Å². The maximum Gasteiger partial charge on any atom is 0.183 e. The van der Waals surface area contributed by atoms with Crippen LogP contribution in [0.2, 0.25) is 0 Å². The van der Waals surface area contributed by atoms with E-state index in [-0.39, 0.29) is 0 Å². The summed E-state index contributed by atoms with van der Waals surface area (Å²) >= 11 is 0. The molecule has 0 amide bonds. The quantitative estimate of drug-likeness (QED) is 0.361. The smallest absolute Gasteiger partial charge is 0.183 e. The third-order valence-electron chi connectivity index (χ3n) is 1.99. The van der Waals surface area contributed by atoms with E-state index in [9.17, 15) is 15.1 Å². The molecule has 0 saturated carbocycles. The molecule has 76 valence electrons. The Morgan fingerprint density at radius 2 is 1.85 bits per heavy atom. The number of hydrogen-bond acceptors (Lipinski definition) is 7. The first kappa shape index (κ1) is 10.5. The predicted octanol–water partition coefficient (Wildman–Crippen LogP) is -2.45. The molecule has 0 aromatic rings. The van der Waals surface area contributed by atoms with Crippen molar-refractivity contribution >= 4 is 0 Å². The van der Waals surface area contributed by atoms with Gasteiger partial charge in [-0.25, -0.2) is 0 Å². The normalized spacial score (nSPS) is 46.0. The second-order valence-corrected chi connectivity index (χ2v) is 2.82. The van der Waals surface area contributed by atoms with Crippen molar-refractivity contribution in [3.63, 3.8) is 0 Å². The molecule has 1 fully saturated rings. The van der Waals surface area contributed by atoms with Gasteiger partial charge in [0.25, 0.3) is 0 Å². The SMILES string of the molecule is O=NC1C(O)OC(CO)C(O)C1O. The lowest BCUT2D eigenvalue weighted by Crippen LogP contribution is -2.57. The van der Waals surface area contributed by atoms with Gasteiger partial charge in [-0.2, -0.15) is 4.91 Å². The summed E-state index contributed by atoms with van der Waals surface area (Å²) in [6.45, 7) is -0.555. The summed E-state index contributed by atoms with van der Waals surface area (Å²) in [5, 5.41) is 38.5. The van der Waals surface area contributed by atoms with Gasteiger partial charge in [-0.15, -0.1) is 0 Å². The van der Waals surface area contributed by atoms with E-state index in [2.05, 4.69) is 9.91 Å². The largest absolute Gasteiger partial charge is 0.394 e. The lowest BCUT2D eigenvalue weighted by molar-refractivity contribution is -0.248. The van der Waals surface area contributed by atoms with Gasteiger partial charge < -0.3 is 25.2 Å². The van der Waals surface area contributed by atoms with E-state index in [0.29, 0.717) is 0 Å². The fourth-order valence-electron chi connectivity index (χ4n) is 1.20. The average molecular weight is 193 g/mol. The lowest BCUT2D eigenvalue weighted by Gasteiger charge is -2.36. The molecule has 5 atom stereocenters. The van der Waals surface area contributed by atoms with Crippen LogP contribution in [0.5, 0.6) is 0 Å². The van der Waals surface area contributed by atoms with Gasteiger partial charge in [0.2, 0.25) is 0 Å². The number of nitrogens with zero attached hydrogens (tertiary/aromatic N) is 1. The Bertz CT molecular complexity index is 188.